The van der Waals surface area contributed by atoms with Crippen molar-refractivity contribution in [1.29, 1.82) is 0 Å². The second-order valence-electron chi connectivity index (χ2n) is 4.73. The SMILES string of the molecule is C=NC(C)(C)c1ccc(C2CC2)cc1Cl. The van der Waals surface area contributed by atoms with Crippen LogP contribution in [0.2, 0.25) is 5.02 Å². The van der Waals surface area contributed by atoms with Crippen LogP contribution in [0.15, 0.2) is 23.2 Å². The third-order valence-electron chi connectivity index (χ3n) is 3.10. The molecule has 1 saturated carbocycles. The highest BCUT2D eigenvalue weighted by molar-refractivity contribution is 6.31. The molecule has 0 aliphatic heterocycles. The van der Waals surface area contributed by atoms with Crippen molar-refractivity contribution in [3.05, 3.63) is 34.3 Å². The Bertz CT molecular complexity index is 392. The molecular formula is C13H16ClN. The van der Waals surface area contributed by atoms with E-state index in [-0.39, 0.29) is 5.54 Å². The Morgan fingerprint density at radius 2 is 2.07 bits per heavy atom. The lowest BCUT2D eigenvalue weighted by atomic mass is 9.93. The number of aliphatic imine (C=N–C) groups is 1. The number of hydrogen-bond donors (Lipinski definition) is 0. The first kappa shape index (κ1) is 10.7. The molecule has 1 aliphatic carbocycles. The molecule has 2 rings (SSSR count). The van der Waals surface area contributed by atoms with Gasteiger partial charge in [-0.3, -0.25) is 4.99 Å². The summed E-state index contributed by atoms with van der Waals surface area (Å²) in [5.74, 6) is 0.747. The largest absolute Gasteiger partial charge is 0.290 e. The third-order valence-corrected chi connectivity index (χ3v) is 3.41. The quantitative estimate of drug-likeness (QED) is 0.680. The summed E-state index contributed by atoms with van der Waals surface area (Å²) in [6.45, 7) is 7.66. The summed E-state index contributed by atoms with van der Waals surface area (Å²) in [4.78, 5) is 4.11. The molecule has 1 aromatic rings. The minimum atomic E-state index is -0.292. The first-order valence-electron chi connectivity index (χ1n) is 5.32. The fraction of sp³-hybridized carbons (Fsp3) is 0.462. The zero-order chi connectivity index (χ0) is 11.1. The molecule has 0 spiro atoms. The minimum absolute atomic E-state index is 0.292. The average molecular weight is 222 g/mol. The van der Waals surface area contributed by atoms with Crippen LogP contribution in [0, 0.1) is 0 Å². The minimum Gasteiger partial charge on any atom is -0.290 e. The molecule has 0 unspecified atom stereocenters. The van der Waals surface area contributed by atoms with Crippen molar-refractivity contribution in [2.45, 2.75) is 38.1 Å². The molecule has 0 N–H and O–H groups in total. The predicted octanol–water partition coefficient (Wildman–Crippen LogP) is 4.15. The summed E-state index contributed by atoms with van der Waals surface area (Å²) >= 11 is 6.28. The van der Waals surface area contributed by atoms with Gasteiger partial charge in [0.2, 0.25) is 0 Å². The maximum Gasteiger partial charge on any atom is 0.0807 e. The molecule has 0 heterocycles. The zero-order valence-electron chi connectivity index (χ0n) is 9.26. The summed E-state index contributed by atoms with van der Waals surface area (Å²) in [6.07, 6.45) is 2.61. The normalized spacial score (nSPS) is 16.5. The number of nitrogens with zero attached hydrogens (tertiary/aromatic N) is 1. The molecule has 1 nitrogen and oxygen atoms in total. The van der Waals surface area contributed by atoms with Gasteiger partial charge >= 0.3 is 0 Å². The monoisotopic (exact) mass is 221 g/mol. The zero-order valence-corrected chi connectivity index (χ0v) is 10.0. The van der Waals surface area contributed by atoms with Crippen molar-refractivity contribution in [2.24, 2.45) is 4.99 Å². The van der Waals surface area contributed by atoms with Gasteiger partial charge in [0.25, 0.3) is 0 Å². The highest BCUT2D eigenvalue weighted by atomic mass is 35.5. The van der Waals surface area contributed by atoms with Crippen LogP contribution in [0.4, 0.5) is 0 Å². The molecule has 1 aliphatic rings. The average Bonchev–Trinajstić information content (AvgIpc) is 3.00. The summed E-state index contributed by atoms with van der Waals surface area (Å²) in [5.41, 5.74) is 2.13. The van der Waals surface area contributed by atoms with E-state index in [9.17, 15) is 0 Å². The second kappa shape index (κ2) is 3.64. The molecule has 0 atom stereocenters. The second-order valence-corrected chi connectivity index (χ2v) is 5.14. The first-order chi connectivity index (χ1) is 7.04. The highest BCUT2D eigenvalue weighted by Gasteiger charge is 2.26. The molecule has 1 fully saturated rings. The maximum atomic E-state index is 6.28. The van der Waals surface area contributed by atoms with Gasteiger partial charge in [-0.2, -0.15) is 0 Å². The van der Waals surface area contributed by atoms with Crippen molar-refractivity contribution >= 4 is 18.3 Å². The third kappa shape index (κ3) is 2.07. The molecule has 2 heteroatoms. The van der Waals surface area contributed by atoms with E-state index >= 15 is 0 Å². The first-order valence-corrected chi connectivity index (χ1v) is 5.70. The van der Waals surface area contributed by atoms with Crippen molar-refractivity contribution in [3.63, 3.8) is 0 Å². The molecule has 0 radical (unpaired) electrons. The van der Waals surface area contributed by atoms with E-state index in [2.05, 4.69) is 29.9 Å². The van der Waals surface area contributed by atoms with Gasteiger partial charge in [0.15, 0.2) is 0 Å². The fourth-order valence-electron chi connectivity index (χ4n) is 1.78. The Kier molecular flexibility index (Phi) is 2.59. The molecule has 1 aromatic carbocycles. The van der Waals surface area contributed by atoms with Gasteiger partial charge in [0.1, 0.15) is 0 Å². The van der Waals surface area contributed by atoms with Crippen molar-refractivity contribution < 1.29 is 0 Å². The van der Waals surface area contributed by atoms with Gasteiger partial charge in [0, 0.05) is 5.02 Å². The summed E-state index contributed by atoms with van der Waals surface area (Å²) in [7, 11) is 0. The van der Waals surface area contributed by atoms with Gasteiger partial charge in [-0.25, -0.2) is 0 Å². The number of rotatable bonds is 3. The molecule has 0 bridgehead atoms. The van der Waals surface area contributed by atoms with Crippen LogP contribution in [0.1, 0.15) is 43.7 Å². The van der Waals surface area contributed by atoms with Crippen LogP contribution in [-0.2, 0) is 5.54 Å². The number of halogens is 1. The molecular weight excluding hydrogens is 206 g/mol. The number of benzene rings is 1. The van der Waals surface area contributed by atoms with E-state index in [1.807, 2.05) is 13.8 Å². The van der Waals surface area contributed by atoms with Crippen molar-refractivity contribution in [2.75, 3.05) is 0 Å². The van der Waals surface area contributed by atoms with E-state index in [1.165, 1.54) is 18.4 Å². The topological polar surface area (TPSA) is 12.4 Å². The van der Waals surface area contributed by atoms with Gasteiger partial charge in [-0.1, -0.05) is 23.7 Å². The van der Waals surface area contributed by atoms with Crippen LogP contribution in [0.5, 0.6) is 0 Å². The molecule has 0 aromatic heterocycles. The summed E-state index contributed by atoms with van der Waals surface area (Å²) in [6, 6.07) is 6.35. The lowest BCUT2D eigenvalue weighted by molar-refractivity contribution is 0.563. The van der Waals surface area contributed by atoms with E-state index in [0.29, 0.717) is 0 Å². The van der Waals surface area contributed by atoms with E-state index in [4.69, 9.17) is 11.6 Å². The van der Waals surface area contributed by atoms with Gasteiger partial charge in [0.05, 0.1) is 5.54 Å². The van der Waals surface area contributed by atoms with E-state index in [1.54, 1.807) is 0 Å². The summed E-state index contributed by atoms with van der Waals surface area (Å²) < 4.78 is 0. The highest BCUT2D eigenvalue weighted by Crippen LogP contribution is 2.42. The molecule has 0 amide bonds. The summed E-state index contributed by atoms with van der Waals surface area (Å²) in [5, 5.41) is 0.816. The maximum absolute atomic E-state index is 6.28. The van der Waals surface area contributed by atoms with Gasteiger partial charge < -0.3 is 0 Å². The Morgan fingerprint density at radius 3 is 2.53 bits per heavy atom. The Hall–Kier alpha value is -0.820. The number of hydrogen-bond acceptors (Lipinski definition) is 1. The van der Waals surface area contributed by atoms with E-state index in [0.717, 1.165) is 16.5 Å². The van der Waals surface area contributed by atoms with Gasteiger partial charge in [-0.05, 0) is 56.5 Å². The molecule has 80 valence electrons. The molecule has 0 saturated heterocycles. The standard InChI is InChI=1S/C13H16ClN/c1-13(2,15-3)11-7-6-10(8-12(11)14)9-4-5-9/h6-9H,3-5H2,1-2H3. The predicted molar refractivity (Wildman–Crippen MR) is 66.0 cm³/mol. The van der Waals surface area contributed by atoms with Gasteiger partial charge in [-0.15, -0.1) is 0 Å². The Morgan fingerprint density at radius 1 is 1.40 bits per heavy atom. The Balaban J connectivity index is 2.37. The van der Waals surface area contributed by atoms with Crippen LogP contribution < -0.4 is 0 Å². The van der Waals surface area contributed by atoms with Crippen molar-refractivity contribution in [3.8, 4) is 0 Å². The van der Waals surface area contributed by atoms with Crippen LogP contribution >= 0.6 is 11.6 Å². The molecule has 15 heavy (non-hydrogen) atoms. The Labute approximate surface area is 96.2 Å². The van der Waals surface area contributed by atoms with Crippen LogP contribution in [0.3, 0.4) is 0 Å². The van der Waals surface area contributed by atoms with E-state index < -0.39 is 0 Å². The lowest BCUT2D eigenvalue weighted by Crippen LogP contribution is -2.13. The van der Waals surface area contributed by atoms with Crippen LogP contribution in [-0.4, -0.2) is 6.72 Å². The fourth-order valence-corrected chi connectivity index (χ4v) is 2.20. The van der Waals surface area contributed by atoms with Crippen LogP contribution in [0.25, 0.3) is 0 Å². The smallest absolute Gasteiger partial charge is 0.0807 e. The van der Waals surface area contributed by atoms with Crippen molar-refractivity contribution in [1.82, 2.24) is 0 Å². The lowest BCUT2D eigenvalue weighted by Gasteiger charge is -2.21.